The third-order valence-corrected chi connectivity index (χ3v) is 2.56. The molecule has 0 rings (SSSR count). The van der Waals surface area contributed by atoms with Gasteiger partial charge in [-0.25, -0.2) is 0 Å². The van der Waals surface area contributed by atoms with Crippen molar-refractivity contribution in [3.8, 4) is 0 Å². The molecule has 0 saturated heterocycles. The van der Waals surface area contributed by atoms with E-state index < -0.39 is 0 Å². The number of rotatable bonds is 6. The van der Waals surface area contributed by atoms with E-state index in [1.165, 1.54) is 0 Å². The number of halogens is 1. The summed E-state index contributed by atoms with van der Waals surface area (Å²) in [5, 5.41) is 3.01. The first kappa shape index (κ1) is 19.1. The highest BCUT2D eigenvalue weighted by molar-refractivity contribution is 5.85. The van der Waals surface area contributed by atoms with Crippen molar-refractivity contribution in [2.24, 2.45) is 11.1 Å². The van der Waals surface area contributed by atoms with E-state index in [0.717, 1.165) is 19.3 Å². The van der Waals surface area contributed by atoms with Gasteiger partial charge < -0.3 is 11.1 Å². The van der Waals surface area contributed by atoms with Crippen molar-refractivity contribution < 1.29 is 4.79 Å². The van der Waals surface area contributed by atoms with Gasteiger partial charge in [0.1, 0.15) is 0 Å². The largest absolute Gasteiger partial charge is 0.354 e. The second kappa shape index (κ2) is 8.76. The summed E-state index contributed by atoms with van der Waals surface area (Å²) in [4.78, 5) is 11.5. The monoisotopic (exact) mass is 264 g/mol. The quantitative estimate of drug-likeness (QED) is 0.775. The minimum Gasteiger partial charge on any atom is -0.354 e. The van der Waals surface area contributed by atoms with Crippen LogP contribution in [0.4, 0.5) is 0 Å². The molecule has 0 radical (unpaired) electrons. The molecule has 0 aliphatic heterocycles. The summed E-state index contributed by atoms with van der Waals surface area (Å²) in [6.07, 6.45) is 3.46. The average molecular weight is 265 g/mol. The normalized spacial score (nSPS) is 14.7. The number of nitrogens with one attached hydrogen (secondary N) is 1. The maximum Gasteiger partial charge on any atom is 0.220 e. The van der Waals surface area contributed by atoms with Crippen LogP contribution in [-0.2, 0) is 4.79 Å². The number of hydrogen-bond donors (Lipinski definition) is 2. The van der Waals surface area contributed by atoms with Crippen LogP contribution in [0.3, 0.4) is 0 Å². The third kappa shape index (κ3) is 13.7. The smallest absolute Gasteiger partial charge is 0.220 e. The van der Waals surface area contributed by atoms with Gasteiger partial charge in [-0.2, -0.15) is 0 Å². The molecule has 0 aliphatic carbocycles. The number of nitrogens with two attached hydrogens (primary N) is 1. The number of hydrogen-bond acceptors (Lipinski definition) is 2. The van der Waals surface area contributed by atoms with Gasteiger partial charge in [0.25, 0.3) is 0 Å². The molecule has 0 aromatic carbocycles. The van der Waals surface area contributed by atoms with E-state index in [2.05, 4.69) is 33.0 Å². The molecule has 2 unspecified atom stereocenters. The molecule has 0 fully saturated rings. The molecule has 2 atom stereocenters. The maximum absolute atomic E-state index is 11.5. The van der Waals surface area contributed by atoms with Gasteiger partial charge in [0, 0.05) is 18.5 Å². The van der Waals surface area contributed by atoms with Crippen LogP contribution in [0.1, 0.15) is 60.3 Å². The van der Waals surface area contributed by atoms with E-state index in [4.69, 9.17) is 5.73 Å². The average Bonchev–Trinajstić information content (AvgIpc) is 2.10. The van der Waals surface area contributed by atoms with Gasteiger partial charge in [-0.05, 0) is 38.5 Å². The van der Waals surface area contributed by atoms with Crippen molar-refractivity contribution in [1.82, 2.24) is 5.32 Å². The Hall–Kier alpha value is -0.280. The third-order valence-electron chi connectivity index (χ3n) is 2.56. The lowest BCUT2D eigenvalue weighted by Gasteiger charge is -2.21. The molecule has 1 amide bonds. The number of carbonyl (C=O) groups is 1. The van der Waals surface area contributed by atoms with Crippen LogP contribution >= 0.6 is 12.4 Å². The van der Waals surface area contributed by atoms with Gasteiger partial charge in [-0.15, -0.1) is 12.4 Å². The highest BCUT2D eigenvalue weighted by Gasteiger charge is 2.14. The fraction of sp³-hybridized carbons (Fsp3) is 0.923. The zero-order valence-electron chi connectivity index (χ0n) is 11.9. The second-order valence-electron chi connectivity index (χ2n) is 6.08. The summed E-state index contributed by atoms with van der Waals surface area (Å²) >= 11 is 0. The topological polar surface area (TPSA) is 55.1 Å². The van der Waals surface area contributed by atoms with Crippen molar-refractivity contribution in [2.45, 2.75) is 72.4 Å². The van der Waals surface area contributed by atoms with Crippen LogP contribution in [0.5, 0.6) is 0 Å². The van der Waals surface area contributed by atoms with Crippen LogP contribution in [0.15, 0.2) is 0 Å². The lowest BCUT2D eigenvalue weighted by Crippen LogP contribution is -2.34. The summed E-state index contributed by atoms with van der Waals surface area (Å²) < 4.78 is 0. The molecule has 4 heteroatoms. The van der Waals surface area contributed by atoms with Gasteiger partial charge in [0.05, 0.1) is 0 Å². The van der Waals surface area contributed by atoms with E-state index in [1.807, 2.05) is 6.92 Å². The molecule has 0 aromatic heterocycles. The van der Waals surface area contributed by atoms with Crippen molar-refractivity contribution >= 4 is 18.3 Å². The number of carbonyl (C=O) groups excluding carboxylic acids is 1. The first-order chi connectivity index (χ1) is 7.20. The Morgan fingerprint density at radius 1 is 1.24 bits per heavy atom. The highest BCUT2D eigenvalue weighted by atomic mass is 35.5. The van der Waals surface area contributed by atoms with Crippen molar-refractivity contribution in [3.05, 3.63) is 0 Å². The summed E-state index contributed by atoms with van der Waals surface area (Å²) in [5.74, 6) is 0.124. The fourth-order valence-corrected chi connectivity index (χ4v) is 1.43. The van der Waals surface area contributed by atoms with Crippen LogP contribution < -0.4 is 11.1 Å². The van der Waals surface area contributed by atoms with Gasteiger partial charge in [-0.3, -0.25) is 4.79 Å². The standard InChI is InChI=1S/C13H28N2O.ClH/c1-10(14)6-7-12(16)15-11(2)8-9-13(3,4)5;/h10-11H,6-9,14H2,1-5H3,(H,15,16);1H. The van der Waals surface area contributed by atoms with Crippen LogP contribution in [0.2, 0.25) is 0 Å². The van der Waals surface area contributed by atoms with Crippen molar-refractivity contribution in [1.29, 1.82) is 0 Å². The molecule has 0 saturated carbocycles. The molecule has 0 heterocycles. The molecular weight excluding hydrogens is 236 g/mol. The molecular formula is C13H29ClN2O. The van der Waals surface area contributed by atoms with Gasteiger partial charge in [0.2, 0.25) is 5.91 Å². The Labute approximate surface area is 112 Å². The first-order valence-electron chi connectivity index (χ1n) is 6.25. The number of amides is 1. The minimum absolute atomic E-state index is 0. The molecule has 0 aliphatic rings. The van der Waals surface area contributed by atoms with Gasteiger partial charge in [0.15, 0.2) is 0 Å². The van der Waals surface area contributed by atoms with E-state index in [9.17, 15) is 4.79 Å². The van der Waals surface area contributed by atoms with Gasteiger partial charge >= 0.3 is 0 Å². The van der Waals surface area contributed by atoms with Crippen LogP contribution in [0, 0.1) is 5.41 Å². The van der Waals surface area contributed by atoms with E-state index >= 15 is 0 Å². The summed E-state index contributed by atoms with van der Waals surface area (Å²) in [6, 6.07) is 0.371. The minimum atomic E-state index is 0. The summed E-state index contributed by atoms with van der Waals surface area (Å²) in [6.45, 7) is 10.7. The van der Waals surface area contributed by atoms with Crippen molar-refractivity contribution in [3.63, 3.8) is 0 Å². The molecule has 0 spiro atoms. The fourth-order valence-electron chi connectivity index (χ4n) is 1.43. The van der Waals surface area contributed by atoms with Gasteiger partial charge in [-0.1, -0.05) is 20.8 Å². The predicted molar refractivity (Wildman–Crippen MR) is 76.4 cm³/mol. The Balaban J connectivity index is 0. The summed E-state index contributed by atoms with van der Waals surface area (Å²) in [5.41, 5.74) is 5.95. The summed E-state index contributed by atoms with van der Waals surface area (Å²) in [7, 11) is 0. The molecule has 17 heavy (non-hydrogen) atoms. The molecule has 104 valence electrons. The molecule has 3 nitrogen and oxygen atoms in total. The lowest BCUT2D eigenvalue weighted by atomic mass is 9.89. The van der Waals surface area contributed by atoms with E-state index in [0.29, 0.717) is 11.8 Å². The van der Waals surface area contributed by atoms with Crippen LogP contribution in [0.25, 0.3) is 0 Å². The SMILES string of the molecule is CC(N)CCC(=O)NC(C)CCC(C)(C)C.Cl. The Kier molecular flexibility index (Phi) is 9.82. The molecule has 0 aromatic rings. The second-order valence-corrected chi connectivity index (χ2v) is 6.08. The first-order valence-corrected chi connectivity index (χ1v) is 6.25. The highest BCUT2D eigenvalue weighted by Crippen LogP contribution is 2.21. The van der Waals surface area contributed by atoms with E-state index in [-0.39, 0.29) is 30.4 Å². The van der Waals surface area contributed by atoms with E-state index in [1.54, 1.807) is 0 Å². The Morgan fingerprint density at radius 2 is 1.76 bits per heavy atom. The van der Waals surface area contributed by atoms with Crippen LogP contribution in [-0.4, -0.2) is 18.0 Å². The Morgan fingerprint density at radius 3 is 2.18 bits per heavy atom. The Bertz CT molecular complexity index is 212. The zero-order valence-corrected chi connectivity index (χ0v) is 12.7. The molecule has 0 bridgehead atoms. The molecule has 3 N–H and O–H groups in total. The lowest BCUT2D eigenvalue weighted by molar-refractivity contribution is -0.121. The maximum atomic E-state index is 11.5. The predicted octanol–water partition coefficient (Wildman–Crippen LogP) is 2.87. The zero-order chi connectivity index (χ0) is 12.8. The van der Waals surface area contributed by atoms with Crippen molar-refractivity contribution in [2.75, 3.05) is 0 Å².